The topological polar surface area (TPSA) is 79.5 Å². The molecular formula is C13H19N3O2. The van der Waals surface area contributed by atoms with Crippen LogP contribution in [0.1, 0.15) is 29.9 Å². The van der Waals surface area contributed by atoms with E-state index in [0.717, 1.165) is 0 Å². The molecule has 1 aromatic rings. The average molecular weight is 249 g/mol. The maximum atomic E-state index is 12.2. The lowest BCUT2D eigenvalue weighted by atomic mass is 9.82. The molecule has 2 heterocycles. The highest BCUT2D eigenvalue weighted by Gasteiger charge is 2.45. The first-order valence-corrected chi connectivity index (χ1v) is 6.13. The van der Waals surface area contributed by atoms with Crippen molar-refractivity contribution in [3.63, 3.8) is 0 Å². The fraction of sp³-hybridized carbons (Fsp3) is 0.538. The molecule has 98 valence electrons. The molecule has 0 bridgehead atoms. The van der Waals surface area contributed by atoms with Crippen molar-refractivity contribution in [2.75, 3.05) is 13.1 Å². The Balaban J connectivity index is 2.06. The molecule has 1 aromatic heterocycles. The summed E-state index contributed by atoms with van der Waals surface area (Å²) in [5.74, 6) is 0.0796. The maximum Gasteiger partial charge on any atom is 0.254 e. The van der Waals surface area contributed by atoms with Gasteiger partial charge in [0.1, 0.15) is 5.60 Å². The van der Waals surface area contributed by atoms with E-state index in [1.807, 2.05) is 13.8 Å². The van der Waals surface area contributed by atoms with Crippen molar-refractivity contribution in [3.8, 4) is 0 Å². The Morgan fingerprint density at radius 1 is 1.61 bits per heavy atom. The van der Waals surface area contributed by atoms with Crippen molar-refractivity contribution in [1.29, 1.82) is 0 Å². The number of nitrogens with zero attached hydrogens (tertiary/aromatic N) is 2. The van der Waals surface area contributed by atoms with E-state index in [2.05, 4.69) is 4.98 Å². The number of carbonyl (C=O) groups is 1. The van der Waals surface area contributed by atoms with Crippen LogP contribution < -0.4 is 5.73 Å². The van der Waals surface area contributed by atoms with Gasteiger partial charge in [-0.1, -0.05) is 13.8 Å². The van der Waals surface area contributed by atoms with Gasteiger partial charge < -0.3 is 15.7 Å². The Morgan fingerprint density at radius 3 is 2.83 bits per heavy atom. The Kier molecular flexibility index (Phi) is 3.36. The fourth-order valence-electron chi connectivity index (χ4n) is 2.03. The van der Waals surface area contributed by atoms with Crippen LogP contribution in [0.25, 0.3) is 0 Å². The zero-order chi connectivity index (χ0) is 13.3. The second-order valence-electron chi connectivity index (χ2n) is 5.16. The van der Waals surface area contributed by atoms with Gasteiger partial charge in [0, 0.05) is 18.3 Å². The lowest BCUT2D eigenvalue weighted by Crippen LogP contribution is -2.65. The number of nitrogens with two attached hydrogens (primary N) is 1. The summed E-state index contributed by atoms with van der Waals surface area (Å²) in [5.41, 5.74) is 6.03. The Hall–Kier alpha value is -1.46. The molecule has 18 heavy (non-hydrogen) atoms. The molecule has 1 amide bonds. The van der Waals surface area contributed by atoms with Crippen LogP contribution in [0.5, 0.6) is 0 Å². The molecule has 0 aliphatic carbocycles. The van der Waals surface area contributed by atoms with Gasteiger partial charge in [0.15, 0.2) is 0 Å². The van der Waals surface area contributed by atoms with Crippen LogP contribution in [-0.4, -0.2) is 39.6 Å². The van der Waals surface area contributed by atoms with Gasteiger partial charge in [-0.05, 0) is 18.1 Å². The molecule has 2 rings (SSSR count). The van der Waals surface area contributed by atoms with E-state index in [-0.39, 0.29) is 11.8 Å². The van der Waals surface area contributed by atoms with E-state index >= 15 is 0 Å². The Morgan fingerprint density at radius 2 is 2.28 bits per heavy atom. The van der Waals surface area contributed by atoms with Crippen LogP contribution in [0.3, 0.4) is 0 Å². The van der Waals surface area contributed by atoms with Gasteiger partial charge in [0.2, 0.25) is 0 Å². The standard InChI is InChI=1S/C13H19N3O2/c1-9(2)13(18)7-16(8-13)12(17)10-3-4-15-11(5-10)6-14/h3-5,9,18H,6-8,14H2,1-2H3. The number of hydrogen-bond acceptors (Lipinski definition) is 4. The smallest absolute Gasteiger partial charge is 0.254 e. The lowest BCUT2D eigenvalue weighted by Gasteiger charge is -2.49. The van der Waals surface area contributed by atoms with Crippen LogP contribution in [0.4, 0.5) is 0 Å². The largest absolute Gasteiger partial charge is 0.386 e. The quantitative estimate of drug-likeness (QED) is 0.812. The summed E-state index contributed by atoms with van der Waals surface area (Å²) >= 11 is 0. The predicted octanol–water partition coefficient (Wildman–Crippen LogP) is 0.383. The van der Waals surface area contributed by atoms with Crippen LogP contribution >= 0.6 is 0 Å². The number of aliphatic hydroxyl groups is 1. The number of carbonyl (C=O) groups excluding carboxylic acids is 1. The summed E-state index contributed by atoms with van der Waals surface area (Å²) in [6.07, 6.45) is 1.59. The summed E-state index contributed by atoms with van der Waals surface area (Å²) in [5, 5.41) is 10.1. The van der Waals surface area contributed by atoms with Crippen molar-refractivity contribution in [2.45, 2.75) is 26.0 Å². The van der Waals surface area contributed by atoms with Crippen LogP contribution in [0.15, 0.2) is 18.3 Å². The Labute approximate surface area is 107 Å². The highest BCUT2D eigenvalue weighted by atomic mass is 16.3. The second-order valence-corrected chi connectivity index (χ2v) is 5.16. The SMILES string of the molecule is CC(C)C1(O)CN(C(=O)c2ccnc(CN)c2)C1. The number of rotatable bonds is 3. The Bertz CT molecular complexity index is 453. The first kappa shape index (κ1) is 13.0. The monoisotopic (exact) mass is 249 g/mol. The second kappa shape index (κ2) is 4.66. The highest BCUT2D eigenvalue weighted by Crippen LogP contribution is 2.29. The summed E-state index contributed by atoms with van der Waals surface area (Å²) in [4.78, 5) is 17.9. The molecule has 0 aromatic carbocycles. The molecule has 0 radical (unpaired) electrons. The number of β-amino-alcohol motifs (C(OH)–C–C–N with tert-alkyl or cyclic N) is 1. The van der Waals surface area contributed by atoms with Gasteiger partial charge in [-0.25, -0.2) is 0 Å². The van der Waals surface area contributed by atoms with Crippen molar-refractivity contribution in [3.05, 3.63) is 29.6 Å². The highest BCUT2D eigenvalue weighted by molar-refractivity contribution is 5.95. The first-order valence-electron chi connectivity index (χ1n) is 6.13. The van der Waals surface area contributed by atoms with Crippen LogP contribution in [-0.2, 0) is 6.54 Å². The normalized spacial score (nSPS) is 17.7. The molecule has 5 heteroatoms. The molecule has 1 aliphatic heterocycles. The molecular weight excluding hydrogens is 230 g/mol. The number of hydrogen-bond donors (Lipinski definition) is 2. The summed E-state index contributed by atoms with van der Waals surface area (Å²) < 4.78 is 0. The molecule has 0 atom stereocenters. The summed E-state index contributed by atoms with van der Waals surface area (Å²) in [7, 11) is 0. The van der Waals surface area contributed by atoms with E-state index < -0.39 is 5.60 Å². The maximum absolute atomic E-state index is 12.2. The molecule has 3 N–H and O–H groups in total. The minimum atomic E-state index is -0.737. The van der Waals surface area contributed by atoms with Crippen LogP contribution in [0, 0.1) is 5.92 Å². The van der Waals surface area contributed by atoms with E-state index in [0.29, 0.717) is 30.9 Å². The van der Waals surface area contributed by atoms with Gasteiger partial charge in [-0.2, -0.15) is 0 Å². The number of aromatic nitrogens is 1. The third-order valence-corrected chi connectivity index (χ3v) is 3.56. The first-order chi connectivity index (χ1) is 8.46. The molecule has 1 fully saturated rings. The third-order valence-electron chi connectivity index (χ3n) is 3.56. The predicted molar refractivity (Wildman–Crippen MR) is 67.8 cm³/mol. The molecule has 1 aliphatic rings. The van der Waals surface area contributed by atoms with Crippen molar-refractivity contribution in [1.82, 2.24) is 9.88 Å². The minimum Gasteiger partial charge on any atom is -0.386 e. The molecule has 0 spiro atoms. The summed E-state index contributed by atoms with van der Waals surface area (Å²) in [6, 6.07) is 3.38. The lowest BCUT2D eigenvalue weighted by molar-refractivity contribution is -0.110. The van der Waals surface area contributed by atoms with Crippen molar-refractivity contribution < 1.29 is 9.90 Å². The number of pyridine rings is 1. The van der Waals surface area contributed by atoms with Gasteiger partial charge in [0.05, 0.1) is 18.8 Å². The zero-order valence-corrected chi connectivity index (χ0v) is 10.8. The van der Waals surface area contributed by atoms with Gasteiger partial charge in [-0.3, -0.25) is 9.78 Å². The van der Waals surface area contributed by atoms with E-state index in [4.69, 9.17) is 5.73 Å². The molecule has 1 saturated heterocycles. The summed E-state index contributed by atoms with van der Waals surface area (Å²) in [6.45, 7) is 5.02. The van der Waals surface area contributed by atoms with Crippen molar-refractivity contribution >= 4 is 5.91 Å². The van der Waals surface area contributed by atoms with Crippen LogP contribution in [0.2, 0.25) is 0 Å². The number of amides is 1. The number of likely N-dealkylation sites (tertiary alicyclic amines) is 1. The van der Waals surface area contributed by atoms with E-state index in [9.17, 15) is 9.90 Å². The van der Waals surface area contributed by atoms with Gasteiger partial charge in [-0.15, -0.1) is 0 Å². The molecule has 0 saturated carbocycles. The molecule has 5 nitrogen and oxygen atoms in total. The van der Waals surface area contributed by atoms with E-state index in [1.54, 1.807) is 23.2 Å². The molecule has 0 unspecified atom stereocenters. The third kappa shape index (κ3) is 2.23. The minimum absolute atomic E-state index is 0.0718. The fourth-order valence-corrected chi connectivity index (χ4v) is 2.03. The average Bonchev–Trinajstić information content (AvgIpc) is 2.34. The zero-order valence-electron chi connectivity index (χ0n) is 10.8. The van der Waals surface area contributed by atoms with Gasteiger partial charge in [0.25, 0.3) is 5.91 Å². The van der Waals surface area contributed by atoms with Crippen molar-refractivity contribution in [2.24, 2.45) is 11.7 Å². The van der Waals surface area contributed by atoms with Gasteiger partial charge >= 0.3 is 0 Å². The van der Waals surface area contributed by atoms with E-state index in [1.165, 1.54) is 0 Å².